The molecule has 5 nitrogen and oxygen atoms in total. The van der Waals surface area contributed by atoms with Gasteiger partial charge in [-0.25, -0.2) is 8.42 Å². The van der Waals surface area contributed by atoms with Crippen LogP contribution >= 0.6 is 23.2 Å². The van der Waals surface area contributed by atoms with Crippen molar-refractivity contribution in [2.75, 3.05) is 23.7 Å². The van der Waals surface area contributed by atoms with Crippen molar-refractivity contribution in [2.24, 2.45) is 0 Å². The molecule has 0 heterocycles. The van der Waals surface area contributed by atoms with Gasteiger partial charge in [-0.2, -0.15) is 0 Å². The van der Waals surface area contributed by atoms with E-state index in [0.29, 0.717) is 16.6 Å². The summed E-state index contributed by atoms with van der Waals surface area (Å²) in [5, 5.41) is 3.32. The summed E-state index contributed by atoms with van der Waals surface area (Å²) >= 11 is 11.8. The van der Waals surface area contributed by atoms with Crippen molar-refractivity contribution in [1.29, 1.82) is 0 Å². The first-order valence-corrected chi connectivity index (χ1v) is 9.55. The van der Waals surface area contributed by atoms with E-state index in [4.69, 9.17) is 23.2 Å². The topological polar surface area (TPSA) is 66.5 Å². The van der Waals surface area contributed by atoms with Crippen molar-refractivity contribution in [3.05, 3.63) is 28.2 Å². The largest absolute Gasteiger partial charge is 0.355 e. The second kappa shape index (κ2) is 8.60. The van der Waals surface area contributed by atoms with Gasteiger partial charge in [0.2, 0.25) is 15.9 Å². The molecule has 0 aliphatic carbocycles. The number of hydrogen-bond acceptors (Lipinski definition) is 3. The van der Waals surface area contributed by atoms with Crippen LogP contribution < -0.4 is 9.62 Å². The lowest BCUT2D eigenvalue weighted by Gasteiger charge is -2.22. The Morgan fingerprint density at radius 2 is 1.77 bits per heavy atom. The van der Waals surface area contributed by atoms with Crippen LogP contribution in [0.5, 0.6) is 0 Å². The molecule has 0 saturated heterocycles. The SMILES string of the molecule is CCCCCNC(=O)CN(c1cc(Cl)cc(Cl)c1)S(C)(=O)=O. The van der Waals surface area contributed by atoms with Crippen molar-refractivity contribution in [3.63, 3.8) is 0 Å². The maximum absolute atomic E-state index is 11.9. The monoisotopic (exact) mass is 366 g/mol. The zero-order valence-electron chi connectivity index (χ0n) is 12.6. The fourth-order valence-electron chi connectivity index (χ4n) is 1.87. The first-order chi connectivity index (χ1) is 10.2. The molecule has 0 aromatic heterocycles. The van der Waals surface area contributed by atoms with E-state index in [1.807, 2.05) is 0 Å². The lowest BCUT2D eigenvalue weighted by molar-refractivity contribution is -0.119. The molecule has 0 spiro atoms. The minimum atomic E-state index is -3.63. The highest BCUT2D eigenvalue weighted by Crippen LogP contribution is 2.26. The van der Waals surface area contributed by atoms with E-state index in [1.54, 1.807) is 0 Å². The smallest absolute Gasteiger partial charge is 0.240 e. The Hall–Kier alpha value is -0.980. The molecule has 0 saturated carbocycles. The Labute approximate surface area is 141 Å². The van der Waals surface area contributed by atoms with Crippen molar-refractivity contribution in [2.45, 2.75) is 26.2 Å². The molecule has 0 bridgehead atoms. The predicted octanol–water partition coefficient (Wildman–Crippen LogP) is 3.07. The molecule has 1 N–H and O–H groups in total. The van der Waals surface area contributed by atoms with E-state index in [9.17, 15) is 13.2 Å². The van der Waals surface area contributed by atoms with E-state index < -0.39 is 10.0 Å². The molecular formula is C14H20Cl2N2O3S. The van der Waals surface area contributed by atoms with Crippen LogP contribution in [0.2, 0.25) is 10.0 Å². The summed E-state index contributed by atoms with van der Waals surface area (Å²) in [5.74, 6) is -0.363. The summed E-state index contributed by atoms with van der Waals surface area (Å²) in [6.45, 7) is 2.29. The number of hydrogen-bond donors (Lipinski definition) is 1. The van der Waals surface area contributed by atoms with Gasteiger partial charge in [-0.1, -0.05) is 43.0 Å². The maximum atomic E-state index is 11.9. The van der Waals surface area contributed by atoms with E-state index in [2.05, 4.69) is 12.2 Å². The fraction of sp³-hybridized carbons (Fsp3) is 0.500. The van der Waals surface area contributed by atoms with E-state index in [0.717, 1.165) is 29.8 Å². The zero-order chi connectivity index (χ0) is 16.8. The number of unbranched alkanes of at least 4 members (excludes halogenated alkanes) is 2. The van der Waals surface area contributed by atoms with Crippen LogP contribution in [0.15, 0.2) is 18.2 Å². The molecule has 1 amide bonds. The third-order valence-corrected chi connectivity index (χ3v) is 4.50. The molecular weight excluding hydrogens is 347 g/mol. The molecule has 1 aromatic rings. The van der Waals surface area contributed by atoms with Crippen molar-refractivity contribution >= 4 is 44.8 Å². The van der Waals surface area contributed by atoms with Gasteiger partial charge in [-0.15, -0.1) is 0 Å². The molecule has 1 aromatic carbocycles. The molecule has 22 heavy (non-hydrogen) atoms. The first kappa shape index (κ1) is 19.1. The highest BCUT2D eigenvalue weighted by Gasteiger charge is 2.21. The number of nitrogens with one attached hydrogen (secondary N) is 1. The average molecular weight is 367 g/mol. The van der Waals surface area contributed by atoms with Crippen LogP contribution in [0.3, 0.4) is 0 Å². The van der Waals surface area contributed by atoms with Gasteiger partial charge in [-0.3, -0.25) is 9.10 Å². The Bertz CT molecular complexity index is 600. The van der Waals surface area contributed by atoms with Gasteiger partial charge < -0.3 is 5.32 Å². The van der Waals surface area contributed by atoms with E-state index >= 15 is 0 Å². The number of amides is 1. The van der Waals surface area contributed by atoms with Crippen LogP contribution in [0.4, 0.5) is 5.69 Å². The predicted molar refractivity (Wildman–Crippen MR) is 91.2 cm³/mol. The quantitative estimate of drug-likeness (QED) is 0.718. The third-order valence-electron chi connectivity index (χ3n) is 2.93. The first-order valence-electron chi connectivity index (χ1n) is 6.94. The minimum absolute atomic E-state index is 0.267. The molecule has 0 unspecified atom stereocenters. The van der Waals surface area contributed by atoms with Crippen molar-refractivity contribution in [1.82, 2.24) is 5.32 Å². The summed E-state index contributed by atoms with van der Waals surface area (Å²) in [6, 6.07) is 4.41. The van der Waals surface area contributed by atoms with Gasteiger partial charge >= 0.3 is 0 Å². The number of rotatable bonds is 8. The number of sulfonamides is 1. The zero-order valence-corrected chi connectivity index (χ0v) is 14.9. The molecule has 0 aliphatic rings. The van der Waals surface area contributed by atoms with E-state index in [1.165, 1.54) is 18.2 Å². The normalized spacial score (nSPS) is 11.3. The number of nitrogens with zero attached hydrogens (tertiary/aromatic N) is 1. The highest BCUT2D eigenvalue weighted by molar-refractivity contribution is 7.92. The average Bonchev–Trinajstić information content (AvgIpc) is 2.38. The standard InChI is InChI=1S/C14H20Cl2N2O3S/c1-3-4-5-6-17-14(19)10-18(22(2,20)21)13-8-11(15)7-12(16)9-13/h7-9H,3-6,10H2,1-2H3,(H,17,19). The minimum Gasteiger partial charge on any atom is -0.355 e. The molecule has 0 atom stereocenters. The van der Waals surface area contributed by atoms with Gasteiger partial charge in [0.1, 0.15) is 6.54 Å². The molecule has 0 aliphatic heterocycles. The number of carbonyl (C=O) groups is 1. The molecule has 8 heteroatoms. The summed E-state index contributed by atoms with van der Waals surface area (Å²) in [4.78, 5) is 11.9. The van der Waals surface area contributed by atoms with Gasteiger partial charge in [0.25, 0.3) is 0 Å². The number of benzene rings is 1. The molecule has 1 rings (SSSR count). The summed E-state index contributed by atoms with van der Waals surface area (Å²) in [7, 11) is -3.63. The van der Waals surface area contributed by atoms with Crippen LogP contribution in [-0.2, 0) is 14.8 Å². The van der Waals surface area contributed by atoms with Crippen LogP contribution in [0.1, 0.15) is 26.2 Å². The summed E-state index contributed by atoms with van der Waals surface area (Å²) < 4.78 is 24.8. The lowest BCUT2D eigenvalue weighted by Crippen LogP contribution is -2.40. The van der Waals surface area contributed by atoms with Crippen LogP contribution in [0, 0.1) is 0 Å². The van der Waals surface area contributed by atoms with Gasteiger partial charge in [0.15, 0.2) is 0 Å². The summed E-state index contributed by atoms with van der Waals surface area (Å²) in [6.07, 6.45) is 3.96. The number of anilines is 1. The van der Waals surface area contributed by atoms with Crippen molar-refractivity contribution in [3.8, 4) is 0 Å². The van der Waals surface area contributed by atoms with Gasteiger partial charge in [-0.05, 0) is 24.6 Å². The molecule has 0 fully saturated rings. The maximum Gasteiger partial charge on any atom is 0.240 e. The fourth-order valence-corrected chi connectivity index (χ4v) is 3.23. The summed E-state index contributed by atoms with van der Waals surface area (Å²) in [5.41, 5.74) is 0.267. The van der Waals surface area contributed by atoms with Gasteiger partial charge in [0.05, 0.1) is 11.9 Å². The Morgan fingerprint density at radius 1 is 1.18 bits per heavy atom. The van der Waals surface area contributed by atoms with Crippen molar-refractivity contribution < 1.29 is 13.2 Å². The van der Waals surface area contributed by atoms with Crippen LogP contribution in [0.25, 0.3) is 0 Å². The Morgan fingerprint density at radius 3 is 2.27 bits per heavy atom. The Balaban J connectivity index is 2.84. The number of carbonyl (C=O) groups excluding carboxylic acids is 1. The second-order valence-electron chi connectivity index (χ2n) is 4.95. The Kier molecular flexibility index (Phi) is 7.45. The van der Waals surface area contributed by atoms with E-state index in [-0.39, 0.29) is 18.1 Å². The molecule has 0 radical (unpaired) electrons. The lowest BCUT2D eigenvalue weighted by atomic mass is 10.2. The van der Waals surface area contributed by atoms with Gasteiger partial charge in [0, 0.05) is 16.6 Å². The molecule has 124 valence electrons. The third kappa shape index (κ3) is 6.42. The van der Waals surface area contributed by atoms with Crippen LogP contribution in [-0.4, -0.2) is 33.7 Å². The second-order valence-corrected chi connectivity index (χ2v) is 7.73. The highest BCUT2D eigenvalue weighted by atomic mass is 35.5. The number of halogens is 2.